The zero-order chi connectivity index (χ0) is 15.6. The molecule has 0 aliphatic rings. The first kappa shape index (κ1) is 14.6. The number of phenols is 1. The Morgan fingerprint density at radius 1 is 1.38 bits per heavy atom. The van der Waals surface area contributed by atoms with Crippen LogP contribution < -0.4 is 5.32 Å². The zero-order valence-electron chi connectivity index (χ0n) is 11.5. The highest BCUT2D eigenvalue weighted by atomic mass is 16.5. The molecule has 0 unspecified atom stereocenters. The second-order valence-electron chi connectivity index (χ2n) is 4.38. The fourth-order valence-corrected chi connectivity index (χ4v) is 1.95. The molecule has 0 fully saturated rings. The number of aromatic nitrogens is 1. The number of aromatic carboxylic acids is 1. The number of nitrogens with zero attached hydrogens (tertiary/aromatic N) is 1. The van der Waals surface area contributed by atoms with Crippen molar-refractivity contribution in [2.75, 3.05) is 5.32 Å². The number of aryl methyl sites for hydroxylation is 2. The van der Waals surface area contributed by atoms with Gasteiger partial charge >= 0.3 is 5.97 Å². The highest BCUT2D eigenvalue weighted by molar-refractivity contribution is 6.07. The molecule has 1 aromatic carbocycles. The van der Waals surface area contributed by atoms with Gasteiger partial charge in [0.2, 0.25) is 0 Å². The van der Waals surface area contributed by atoms with Crippen molar-refractivity contribution in [1.29, 1.82) is 0 Å². The predicted molar refractivity (Wildman–Crippen MR) is 73.6 cm³/mol. The topological polar surface area (TPSA) is 113 Å². The van der Waals surface area contributed by atoms with Crippen LogP contribution in [0.3, 0.4) is 0 Å². The van der Waals surface area contributed by atoms with Gasteiger partial charge in [-0.1, -0.05) is 18.1 Å². The number of carboxylic acids is 1. The molecule has 0 aliphatic carbocycles. The third-order valence-corrected chi connectivity index (χ3v) is 3.01. The maximum absolute atomic E-state index is 12.2. The maximum atomic E-state index is 12.2. The number of benzene rings is 1. The highest BCUT2D eigenvalue weighted by Gasteiger charge is 2.21. The van der Waals surface area contributed by atoms with E-state index in [1.165, 1.54) is 18.2 Å². The molecule has 0 bridgehead atoms. The van der Waals surface area contributed by atoms with Crippen molar-refractivity contribution < 1.29 is 24.3 Å². The van der Waals surface area contributed by atoms with Crippen LogP contribution in [0.15, 0.2) is 22.7 Å². The Bertz CT molecular complexity index is 705. The number of amides is 1. The van der Waals surface area contributed by atoms with E-state index in [0.29, 0.717) is 17.9 Å². The van der Waals surface area contributed by atoms with Crippen molar-refractivity contribution in [2.45, 2.75) is 20.3 Å². The second-order valence-corrected chi connectivity index (χ2v) is 4.38. The molecule has 1 aromatic heterocycles. The molecule has 3 N–H and O–H groups in total. The van der Waals surface area contributed by atoms with Crippen LogP contribution in [0, 0.1) is 6.92 Å². The fourth-order valence-electron chi connectivity index (χ4n) is 1.95. The molecule has 1 amide bonds. The molecule has 7 nitrogen and oxygen atoms in total. The van der Waals surface area contributed by atoms with Gasteiger partial charge < -0.3 is 20.1 Å². The maximum Gasteiger partial charge on any atom is 0.339 e. The van der Waals surface area contributed by atoms with E-state index >= 15 is 0 Å². The quantitative estimate of drug-likeness (QED) is 0.744. The molecular formula is C14H14N2O5. The van der Waals surface area contributed by atoms with Gasteiger partial charge in [0.15, 0.2) is 5.75 Å². The minimum atomic E-state index is -1.28. The highest BCUT2D eigenvalue weighted by Crippen LogP contribution is 2.28. The van der Waals surface area contributed by atoms with E-state index in [-0.39, 0.29) is 16.8 Å². The SMILES string of the molecule is CCc1noc(C)c1C(=O)Nc1cccc(C(=O)O)c1O. The van der Waals surface area contributed by atoms with E-state index in [0.717, 1.165) is 0 Å². The molecular weight excluding hydrogens is 276 g/mol. The van der Waals surface area contributed by atoms with Crippen LogP contribution in [-0.2, 0) is 6.42 Å². The lowest BCUT2D eigenvalue weighted by Gasteiger charge is -2.09. The predicted octanol–water partition coefficient (Wildman–Crippen LogP) is 2.20. The van der Waals surface area contributed by atoms with Crippen LogP contribution in [0.5, 0.6) is 5.75 Å². The summed E-state index contributed by atoms with van der Waals surface area (Å²) in [5.41, 5.74) is 0.518. The number of anilines is 1. The van der Waals surface area contributed by atoms with Gasteiger partial charge in [0.05, 0.1) is 11.4 Å². The van der Waals surface area contributed by atoms with Crippen molar-refractivity contribution in [3.05, 3.63) is 40.8 Å². The van der Waals surface area contributed by atoms with Gasteiger partial charge in [-0.3, -0.25) is 4.79 Å². The molecule has 2 rings (SSSR count). The Hall–Kier alpha value is -2.83. The Morgan fingerprint density at radius 3 is 2.71 bits per heavy atom. The van der Waals surface area contributed by atoms with E-state index in [1.807, 2.05) is 6.92 Å². The Balaban J connectivity index is 2.34. The minimum absolute atomic E-state index is 0.0163. The summed E-state index contributed by atoms with van der Waals surface area (Å²) in [6.45, 7) is 3.44. The molecule has 0 spiro atoms. The fraction of sp³-hybridized carbons (Fsp3) is 0.214. The number of nitrogens with one attached hydrogen (secondary N) is 1. The monoisotopic (exact) mass is 290 g/mol. The van der Waals surface area contributed by atoms with Gasteiger partial charge in [0, 0.05) is 0 Å². The van der Waals surface area contributed by atoms with Crippen LogP contribution in [0.2, 0.25) is 0 Å². The van der Waals surface area contributed by atoms with Crippen molar-refractivity contribution in [2.24, 2.45) is 0 Å². The Labute approximate surface area is 120 Å². The van der Waals surface area contributed by atoms with Gasteiger partial charge in [-0.2, -0.15) is 0 Å². The molecule has 1 heterocycles. The largest absolute Gasteiger partial charge is 0.505 e. The third kappa shape index (κ3) is 2.71. The average molecular weight is 290 g/mol. The number of hydrogen-bond donors (Lipinski definition) is 3. The van der Waals surface area contributed by atoms with E-state index in [1.54, 1.807) is 6.92 Å². The molecule has 0 saturated heterocycles. The molecule has 0 aliphatic heterocycles. The van der Waals surface area contributed by atoms with Crippen molar-refractivity contribution in [3.63, 3.8) is 0 Å². The van der Waals surface area contributed by atoms with Crippen LogP contribution in [0.25, 0.3) is 0 Å². The van der Waals surface area contributed by atoms with Crippen LogP contribution in [0.1, 0.15) is 39.1 Å². The lowest BCUT2D eigenvalue weighted by atomic mass is 10.1. The normalized spacial score (nSPS) is 10.4. The molecule has 0 saturated carbocycles. The van der Waals surface area contributed by atoms with E-state index < -0.39 is 17.6 Å². The number of hydrogen-bond acceptors (Lipinski definition) is 5. The number of carbonyl (C=O) groups excluding carboxylic acids is 1. The summed E-state index contributed by atoms with van der Waals surface area (Å²) >= 11 is 0. The van der Waals surface area contributed by atoms with Gasteiger partial charge in [0.1, 0.15) is 16.9 Å². The summed E-state index contributed by atoms with van der Waals surface area (Å²) in [7, 11) is 0. The zero-order valence-corrected chi connectivity index (χ0v) is 11.5. The second kappa shape index (κ2) is 5.66. The van der Waals surface area contributed by atoms with E-state index in [4.69, 9.17) is 9.63 Å². The summed E-state index contributed by atoms with van der Waals surface area (Å²) in [6.07, 6.45) is 0.515. The van der Waals surface area contributed by atoms with Crippen LogP contribution in [0.4, 0.5) is 5.69 Å². The van der Waals surface area contributed by atoms with Gasteiger partial charge in [-0.05, 0) is 25.5 Å². The molecule has 2 aromatic rings. The van der Waals surface area contributed by atoms with Crippen LogP contribution in [-0.4, -0.2) is 27.2 Å². The summed E-state index contributed by atoms with van der Waals surface area (Å²) < 4.78 is 4.97. The first-order valence-electron chi connectivity index (χ1n) is 6.27. The summed E-state index contributed by atoms with van der Waals surface area (Å²) in [4.78, 5) is 23.2. The number of aromatic hydroxyl groups is 1. The van der Waals surface area contributed by atoms with Gasteiger partial charge in [-0.15, -0.1) is 0 Å². The van der Waals surface area contributed by atoms with Crippen molar-refractivity contribution in [3.8, 4) is 5.75 Å². The first-order chi connectivity index (χ1) is 9.95. The lowest BCUT2D eigenvalue weighted by Crippen LogP contribution is -2.15. The van der Waals surface area contributed by atoms with E-state index in [2.05, 4.69) is 10.5 Å². The number of carbonyl (C=O) groups is 2. The van der Waals surface area contributed by atoms with Gasteiger partial charge in [-0.25, -0.2) is 4.79 Å². The molecule has 0 radical (unpaired) electrons. The Kier molecular flexibility index (Phi) is 3.93. The van der Waals surface area contributed by atoms with Crippen molar-refractivity contribution >= 4 is 17.6 Å². The summed E-state index contributed by atoms with van der Waals surface area (Å²) in [5, 5.41) is 25.0. The minimum Gasteiger partial charge on any atom is -0.505 e. The smallest absolute Gasteiger partial charge is 0.339 e. The average Bonchev–Trinajstić information content (AvgIpc) is 2.81. The molecule has 21 heavy (non-hydrogen) atoms. The molecule has 0 atom stereocenters. The molecule has 110 valence electrons. The number of para-hydroxylation sites is 1. The van der Waals surface area contributed by atoms with Gasteiger partial charge in [0.25, 0.3) is 5.91 Å². The lowest BCUT2D eigenvalue weighted by molar-refractivity contribution is 0.0693. The van der Waals surface area contributed by atoms with Crippen molar-refractivity contribution in [1.82, 2.24) is 5.16 Å². The standard InChI is InChI=1S/C14H14N2O5/c1-3-9-11(7(2)21-16-9)13(18)15-10-6-4-5-8(12(10)17)14(19)20/h4-6,17H,3H2,1-2H3,(H,15,18)(H,19,20). The molecule has 7 heteroatoms. The van der Waals surface area contributed by atoms with E-state index in [9.17, 15) is 14.7 Å². The third-order valence-electron chi connectivity index (χ3n) is 3.01. The number of rotatable bonds is 4. The van der Waals surface area contributed by atoms with Crippen LogP contribution >= 0.6 is 0 Å². The first-order valence-corrected chi connectivity index (χ1v) is 6.27. The Morgan fingerprint density at radius 2 is 2.10 bits per heavy atom. The number of carboxylic acid groups (broad SMARTS) is 1. The summed E-state index contributed by atoms with van der Waals surface area (Å²) in [6, 6.07) is 4.09. The summed E-state index contributed by atoms with van der Waals surface area (Å²) in [5.74, 6) is -1.92.